The predicted molar refractivity (Wildman–Crippen MR) is 85.6 cm³/mol. The molecule has 0 aliphatic rings. The molecule has 108 valence electrons. The van der Waals surface area contributed by atoms with Crippen molar-refractivity contribution in [2.24, 2.45) is 5.84 Å². The molecule has 0 radical (unpaired) electrons. The third-order valence-corrected chi connectivity index (χ3v) is 3.90. The molecule has 0 amide bonds. The Kier molecular flexibility index (Phi) is 13.2. The summed E-state index contributed by atoms with van der Waals surface area (Å²) in [6.45, 7) is 5.24. The molecule has 0 saturated heterocycles. The van der Waals surface area contributed by atoms with Crippen LogP contribution in [0.25, 0.3) is 0 Å². The molecule has 0 heterocycles. The second kappa shape index (κ2) is 13.3. The van der Waals surface area contributed by atoms with Crippen molar-refractivity contribution in [3.8, 4) is 0 Å². The monoisotopic (exact) mass is 272 g/mol. The summed E-state index contributed by atoms with van der Waals surface area (Å²) in [4.78, 5) is 0.880. The maximum Gasteiger partial charge on any atom is 0.0916 e. The van der Waals surface area contributed by atoms with Gasteiger partial charge in [0.05, 0.1) is 4.99 Å². The smallest absolute Gasteiger partial charge is 0.0916 e. The minimum absolute atomic E-state index is 0.879. The number of unbranched alkanes of at least 4 members (excludes halogenated alkanes) is 9. The third-order valence-electron chi connectivity index (χ3n) is 3.38. The molecule has 0 unspecified atom stereocenters. The van der Waals surface area contributed by atoms with Gasteiger partial charge >= 0.3 is 0 Å². The first kappa shape index (κ1) is 17.8. The Balaban J connectivity index is 3.14. The summed E-state index contributed by atoms with van der Waals surface area (Å²) >= 11 is 5.15. The fourth-order valence-electron chi connectivity index (χ4n) is 2.10. The van der Waals surface area contributed by atoms with Crippen LogP contribution in [0.2, 0.25) is 0 Å². The van der Waals surface area contributed by atoms with Crippen molar-refractivity contribution < 1.29 is 0 Å². The molecule has 0 saturated carbocycles. The highest BCUT2D eigenvalue weighted by Gasteiger charge is 2.01. The predicted octanol–water partition coefficient (Wildman–Crippen LogP) is 4.82. The van der Waals surface area contributed by atoms with Crippen LogP contribution in [-0.2, 0) is 0 Å². The van der Waals surface area contributed by atoms with E-state index in [0.29, 0.717) is 0 Å². The highest BCUT2D eigenvalue weighted by Crippen LogP contribution is 2.10. The molecule has 0 rings (SSSR count). The van der Waals surface area contributed by atoms with Crippen LogP contribution in [0.3, 0.4) is 0 Å². The van der Waals surface area contributed by atoms with E-state index in [1.165, 1.54) is 64.2 Å². The van der Waals surface area contributed by atoms with Gasteiger partial charge in [0.2, 0.25) is 0 Å². The van der Waals surface area contributed by atoms with Gasteiger partial charge in [0.1, 0.15) is 0 Å². The Hall–Kier alpha value is -0.150. The summed E-state index contributed by atoms with van der Waals surface area (Å²) < 4.78 is 0. The van der Waals surface area contributed by atoms with E-state index in [2.05, 4.69) is 13.8 Å². The number of hydrogen-bond acceptors (Lipinski definition) is 2. The minimum atomic E-state index is 0.879. The van der Waals surface area contributed by atoms with E-state index in [0.717, 1.165) is 18.0 Å². The molecule has 18 heavy (non-hydrogen) atoms. The first-order chi connectivity index (χ1) is 8.72. The van der Waals surface area contributed by atoms with Gasteiger partial charge in [-0.2, -0.15) is 0 Å². The van der Waals surface area contributed by atoms with Gasteiger partial charge in [-0.3, -0.25) is 0 Å². The highest BCUT2D eigenvalue weighted by molar-refractivity contribution is 7.80. The fraction of sp³-hybridized carbons (Fsp3) is 0.933. The fourth-order valence-corrected chi connectivity index (χ4v) is 2.19. The third kappa shape index (κ3) is 11.0. The Morgan fingerprint density at radius 3 is 1.72 bits per heavy atom. The van der Waals surface area contributed by atoms with Crippen LogP contribution in [0.1, 0.15) is 84.5 Å². The molecule has 0 atom stereocenters. The summed E-state index contributed by atoms with van der Waals surface area (Å²) in [6, 6.07) is 0. The van der Waals surface area contributed by atoms with Gasteiger partial charge in [0.25, 0.3) is 0 Å². The zero-order chi connectivity index (χ0) is 13.6. The van der Waals surface area contributed by atoms with Gasteiger partial charge in [-0.05, 0) is 12.8 Å². The number of hydrazine groups is 1. The molecule has 0 aliphatic carbocycles. The topological polar surface area (TPSA) is 29.3 Å². The average Bonchev–Trinajstić information content (AvgIpc) is 2.39. The summed E-state index contributed by atoms with van der Waals surface area (Å²) in [7, 11) is 0. The molecule has 0 aromatic rings. The number of hydrogen-bond donors (Lipinski definition) is 1. The molecule has 0 spiro atoms. The second-order valence-corrected chi connectivity index (χ2v) is 5.59. The Labute approximate surface area is 119 Å². The molecule has 0 fully saturated rings. The molecule has 2 N–H and O–H groups in total. The van der Waals surface area contributed by atoms with Gasteiger partial charge in [-0.1, -0.05) is 83.9 Å². The summed E-state index contributed by atoms with van der Waals surface area (Å²) in [5.74, 6) is 5.83. The maximum absolute atomic E-state index is 5.83. The maximum atomic E-state index is 5.83. The molecule has 0 bridgehead atoms. The van der Waals surface area contributed by atoms with Crippen LogP contribution in [0.4, 0.5) is 0 Å². The number of rotatable bonds is 12. The van der Waals surface area contributed by atoms with Gasteiger partial charge in [0, 0.05) is 6.54 Å². The SMILES string of the molecule is CCCCCCCCCCCCN(N)C(=S)CC. The van der Waals surface area contributed by atoms with Gasteiger partial charge in [-0.25, -0.2) is 5.84 Å². The van der Waals surface area contributed by atoms with Gasteiger partial charge < -0.3 is 5.01 Å². The lowest BCUT2D eigenvalue weighted by Crippen LogP contribution is -2.36. The van der Waals surface area contributed by atoms with Crippen molar-refractivity contribution in [1.29, 1.82) is 0 Å². The molecule has 3 heteroatoms. The summed E-state index contributed by atoms with van der Waals surface area (Å²) in [5, 5.41) is 1.74. The summed E-state index contributed by atoms with van der Waals surface area (Å²) in [5.41, 5.74) is 0. The molecular weight excluding hydrogens is 240 g/mol. The first-order valence-corrected chi connectivity index (χ1v) is 8.18. The van der Waals surface area contributed by atoms with Crippen LogP contribution in [0.15, 0.2) is 0 Å². The lowest BCUT2D eigenvalue weighted by atomic mass is 10.1. The van der Waals surface area contributed by atoms with Crippen molar-refractivity contribution in [3.63, 3.8) is 0 Å². The minimum Gasteiger partial charge on any atom is -0.305 e. The van der Waals surface area contributed by atoms with Crippen LogP contribution in [-0.4, -0.2) is 16.5 Å². The molecular formula is C15H32N2S. The molecule has 0 aromatic carbocycles. The van der Waals surface area contributed by atoms with E-state index in [1.54, 1.807) is 5.01 Å². The second-order valence-electron chi connectivity index (χ2n) is 5.12. The van der Waals surface area contributed by atoms with Gasteiger partial charge in [-0.15, -0.1) is 0 Å². The van der Waals surface area contributed by atoms with Crippen molar-refractivity contribution in [1.82, 2.24) is 5.01 Å². The lowest BCUT2D eigenvalue weighted by Gasteiger charge is -2.18. The quantitative estimate of drug-likeness (QED) is 0.239. The number of nitrogens with zero attached hydrogens (tertiary/aromatic N) is 1. The normalized spacial score (nSPS) is 10.6. The Morgan fingerprint density at radius 1 is 0.833 bits per heavy atom. The van der Waals surface area contributed by atoms with Crippen LogP contribution in [0, 0.1) is 0 Å². The Morgan fingerprint density at radius 2 is 1.28 bits per heavy atom. The standard InChI is InChI=1S/C15H32N2S/c1-3-5-6-7-8-9-10-11-12-13-14-17(16)15(18)4-2/h3-14,16H2,1-2H3. The largest absolute Gasteiger partial charge is 0.305 e. The van der Waals surface area contributed by atoms with Crippen LogP contribution < -0.4 is 5.84 Å². The summed E-state index contributed by atoms with van der Waals surface area (Å²) in [6.07, 6.45) is 14.5. The van der Waals surface area contributed by atoms with E-state index in [9.17, 15) is 0 Å². The molecule has 0 aromatic heterocycles. The van der Waals surface area contributed by atoms with E-state index < -0.39 is 0 Å². The molecule has 2 nitrogen and oxygen atoms in total. The van der Waals surface area contributed by atoms with Crippen molar-refractivity contribution in [2.75, 3.05) is 6.54 Å². The zero-order valence-corrected chi connectivity index (χ0v) is 13.2. The van der Waals surface area contributed by atoms with Gasteiger partial charge in [0.15, 0.2) is 0 Å². The zero-order valence-electron chi connectivity index (χ0n) is 12.4. The van der Waals surface area contributed by atoms with E-state index in [1.807, 2.05) is 0 Å². The lowest BCUT2D eigenvalue weighted by molar-refractivity contribution is 0.415. The van der Waals surface area contributed by atoms with Crippen LogP contribution >= 0.6 is 12.2 Å². The van der Waals surface area contributed by atoms with Crippen molar-refractivity contribution in [2.45, 2.75) is 84.5 Å². The first-order valence-electron chi connectivity index (χ1n) is 7.77. The van der Waals surface area contributed by atoms with Crippen LogP contribution in [0.5, 0.6) is 0 Å². The Bertz CT molecular complexity index is 195. The number of thiocarbonyl (C=S) groups is 1. The van der Waals surface area contributed by atoms with E-state index >= 15 is 0 Å². The van der Waals surface area contributed by atoms with E-state index in [4.69, 9.17) is 18.1 Å². The average molecular weight is 273 g/mol. The molecule has 0 aliphatic heterocycles. The number of nitrogens with two attached hydrogens (primary N) is 1. The highest BCUT2D eigenvalue weighted by atomic mass is 32.1. The van der Waals surface area contributed by atoms with Crippen molar-refractivity contribution >= 4 is 17.2 Å². The van der Waals surface area contributed by atoms with Crippen molar-refractivity contribution in [3.05, 3.63) is 0 Å². The van der Waals surface area contributed by atoms with E-state index in [-0.39, 0.29) is 0 Å².